The number of rotatable bonds is 4. The lowest BCUT2D eigenvalue weighted by atomic mass is 9.80. The van der Waals surface area contributed by atoms with Gasteiger partial charge >= 0.3 is 12.2 Å². The molecule has 0 unspecified atom stereocenters. The van der Waals surface area contributed by atoms with Crippen LogP contribution in [0.3, 0.4) is 0 Å². The fourth-order valence-corrected chi connectivity index (χ4v) is 2.91. The maximum absolute atomic E-state index is 12.4. The van der Waals surface area contributed by atoms with Crippen LogP contribution in [0.2, 0.25) is 0 Å². The summed E-state index contributed by atoms with van der Waals surface area (Å²) in [5.41, 5.74) is 0. The summed E-state index contributed by atoms with van der Waals surface area (Å²) in [6, 6.07) is -1.34. The van der Waals surface area contributed by atoms with E-state index in [1.165, 1.54) is 0 Å². The average molecular weight is 321 g/mol. The lowest BCUT2D eigenvalue weighted by molar-refractivity contribution is -0.164. The summed E-state index contributed by atoms with van der Waals surface area (Å²) in [7, 11) is 0. The first-order valence-corrected chi connectivity index (χ1v) is 7.69. The van der Waals surface area contributed by atoms with E-state index < -0.39 is 30.7 Å². The number of nitrogens with one attached hydrogen (secondary N) is 2. The summed E-state index contributed by atoms with van der Waals surface area (Å²) in [6.07, 6.45) is -0.292. The van der Waals surface area contributed by atoms with E-state index in [4.69, 9.17) is 0 Å². The van der Waals surface area contributed by atoms with E-state index in [1.54, 1.807) is 0 Å². The Balaban J connectivity index is 1.83. The van der Waals surface area contributed by atoms with Gasteiger partial charge in [0.05, 0.1) is 0 Å². The minimum Gasteiger partial charge on any atom is -0.335 e. The molecule has 2 rings (SSSR count). The smallest absolute Gasteiger partial charge is 0.335 e. The molecule has 1 heterocycles. The zero-order valence-electron chi connectivity index (χ0n) is 12.6. The number of hydrogen-bond acceptors (Lipinski definition) is 2. The molecule has 3 amide bonds. The van der Waals surface area contributed by atoms with Gasteiger partial charge in [-0.05, 0) is 38.5 Å². The zero-order valence-corrected chi connectivity index (χ0v) is 12.6. The molecule has 2 fully saturated rings. The maximum Gasteiger partial charge on any atom is 0.406 e. The molecule has 0 bridgehead atoms. The van der Waals surface area contributed by atoms with Crippen molar-refractivity contribution in [2.45, 2.75) is 57.3 Å². The number of amides is 3. The second-order valence-electron chi connectivity index (χ2n) is 6.17. The number of carbonyl (C=O) groups excluding carboxylic acids is 2. The zero-order chi connectivity index (χ0) is 16.3. The number of hydrogen-bond donors (Lipinski definition) is 2. The molecule has 126 valence electrons. The third-order valence-corrected chi connectivity index (χ3v) is 4.42. The largest absolute Gasteiger partial charge is 0.406 e. The van der Waals surface area contributed by atoms with Gasteiger partial charge in [-0.15, -0.1) is 0 Å². The van der Waals surface area contributed by atoms with Gasteiger partial charge in [-0.1, -0.05) is 6.42 Å². The highest BCUT2D eigenvalue weighted by molar-refractivity contribution is 5.87. The highest BCUT2D eigenvalue weighted by Gasteiger charge is 2.38. The van der Waals surface area contributed by atoms with Crippen LogP contribution in [0.15, 0.2) is 0 Å². The SMILES string of the molecule is C[C@H](NC(=O)N[C@@H]1CCCN(CC(F)(F)F)C1=O)C1CCC1. The van der Waals surface area contributed by atoms with E-state index in [0.717, 1.165) is 24.2 Å². The summed E-state index contributed by atoms with van der Waals surface area (Å²) in [6.45, 7) is 0.725. The lowest BCUT2D eigenvalue weighted by Crippen LogP contribution is -2.57. The van der Waals surface area contributed by atoms with Crippen LogP contribution in [-0.2, 0) is 4.79 Å². The summed E-state index contributed by atoms with van der Waals surface area (Å²) in [4.78, 5) is 24.7. The molecule has 0 spiro atoms. The molecule has 0 aromatic heterocycles. The monoisotopic (exact) mass is 321 g/mol. The van der Waals surface area contributed by atoms with Crippen molar-refractivity contribution < 1.29 is 22.8 Å². The van der Waals surface area contributed by atoms with Crippen LogP contribution in [0.5, 0.6) is 0 Å². The quantitative estimate of drug-likeness (QED) is 0.832. The van der Waals surface area contributed by atoms with Crippen molar-refractivity contribution in [2.75, 3.05) is 13.1 Å². The number of likely N-dealkylation sites (tertiary alicyclic amines) is 1. The Hall–Kier alpha value is -1.47. The maximum atomic E-state index is 12.4. The van der Waals surface area contributed by atoms with Crippen molar-refractivity contribution in [2.24, 2.45) is 5.92 Å². The van der Waals surface area contributed by atoms with Crippen LogP contribution in [0.4, 0.5) is 18.0 Å². The van der Waals surface area contributed by atoms with Gasteiger partial charge in [0.2, 0.25) is 5.91 Å². The molecule has 2 aliphatic rings. The predicted octanol–water partition coefficient (Wildman–Crippen LogP) is 2.03. The van der Waals surface area contributed by atoms with E-state index in [-0.39, 0.29) is 12.6 Å². The highest BCUT2D eigenvalue weighted by atomic mass is 19.4. The Morgan fingerprint density at radius 2 is 2.00 bits per heavy atom. The Morgan fingerprint density at radius 1 is 1.32 bits per heavy atom. The third-order valence-electron chi connectivity index (χ3n) is 4.42. The topological polar surface area (TPSA) is 61.4 Å². The fourth-order valence-electron chi connectivity index (χ4n) is 2.91. The Bertz CT molecular complexity index is 424. The first-order valence-electron chi connectivity index (χ1n) is 7.69. The summed E-state index contributed by atoms with van der Waals surface area (Å²) >= 11 is 0. The van der Waals surface area contributed by atoms with Crippen LogP contribution >= 0.6 is 0 Å². The molecule has 2 N–H and O–H groups in total. The van der Waals surface area contributed by atoms with Crippen LogP contribution in [0.1, 0.15) is 39.0 Å². The van der Waals surface area contributed by atoms with E-state index >= 15 is 0 Å². The third kappa shape index (κ3) is 4.51. The van der Waals surface area contributed by atoms with Crippen LogP contribution in [-0.4, -0.2) is 48.2 Å². The first kappa shape index (κ1) is 16.9. The van der Waals surface area contributed by atoms with Crippen molar-refractivity contribution >= 4 is 11.9 Å². The Morgan fingerprint density at radius 3 is 2.55 bits per heavy atom. The summed E-state index contributed by atoms with van der Waals surface area (Å²) in [5, 5.41) is 5.28. The van der Waals surface area contributed by atoms with Crippen molar-refractivity contribution in [3.8, 4) is 0 Å². The van der Waals surface area contributed by atoms with Crippen molar-refractivity contribution in [1.29, 1.82) is 0 Å². The molecule has 22 heavy (non-hydrogen) atoms. The molecule has 5 nitrogen and oxygen atoms in total. The molecule has 0 aromatic rings. The summed E-state index contributed by atoms with van der Waals surface area (Å²) < 4.78 is 37.2. The second kappa shape index (κ2) is 6.75. The first-order chi connectivity index (χ1) is 10.3. The number of alkyl halides is 3. The van der Waals surface area contributed by atoms with Gasteiger partial charge in [0, 0.05) is 12.6 Å². The van der Waals surface area contributed by atoms with Crippen LogP contribution in [0.25, 0.3) is 0 Å². The average Bonchev–Trinajstić information content (AvgIpc) is 2.30. The summed E-state index contributed by atoms with van der Waals surface area (Å²) in [5.74, 6) is -0.204. The molecule has 2 atom stereocenters. The molecule has 1 saturated heterocycles. The molecule has 1 saturated carbocycles. The number of carbonyl (C=O) groups is 2. The normalized spacial score (nSPS) is 24.6. The molecule has 8 heteroatoms. The van der Waals surface area contributed by atoms with Gasteiger partial charge in [0.15, 0.2) is 0 Å². The van der Waals surface area contributed by atoms with E-state index in [2.05, 4.69) is 10.6 Å². The number of piperidine rings is 1. The number of urea groups is 1. The number of halogens is 3. The Kier molecular flexibility index (Phi) is 5.18. The molecule has 1 aliphatic carbocycles. The van der Waals surface area contributed by atoms with Gasteiger partial charge in [0.1, 0.15) is 12.6 Å². The molecular weight excluding hydrogens is 299 g/mol. The lowest BCUT2D eigenvalue weighted by Gasteiger charge is -2.34. The van der Waals surface area contributed by atoms with Crippen molar-refractivity contribution in [3.63, 3.8) is 0 Å². The van der Waals surface area contributed by atoms with E-state index in [1.807, 2.05) is 6.92 Å². The fraction of sp³-hybridized carbons (Fsp3) is 0.857. The Labute approximate surface area is 127 Å². The van der Waals surface area contributed by atoms with Gasteiger partial charge in [-0.25, -0.2) is 4.79 Å². The second-order valence-corrected chi connectivity index (χ2v) is 6.17. The minimum atomic E-state index is -4.42. The predicted molar refractivity (Wildman–Crippen MR) is 74.1 cm³/mol. The van der Waals surface area contributed by atoms with E-state index in [0.29, 0.717) is 18.8 Å². The number of nitrogens with zero attached hydrogens (tertiary/aromatic N) is 1. The molecule has 0 aromatic carbocycles. The molecular formula is C14H22F3N3O2. The van der Waals surface area contributed by atoms with Gasteiger partial charge in [-0.2, -0.15) is 13.2 Å². The van der Waals surface area contributed by atoms with Gasteiger partial charge < -0.3 is 15.5 Å². The van der Waals surface area contributed by atoms with Gasteiger partial charge in [-0.3, -0.25) is 4.79 Å². The van der Waals surface area contributed by atoms with Crippen LogP contribution in [0, 0.1) is 5.92 Å². The van der Waals surface area contributed by atoms with Crippen LogP contribution < -0.4 is 10.6 Å². The molecule has 0 radical (unpaired) electrons. The van der Waals surface area contributed by atoms with E-state index in [9.17, 15) is 22.8 Å². The molecule has 1 aliphatic heterocycles. The van der Waals surface area contributed by atoms with Crippen molar-refractivity contribution in [1.82, 2.24) is 15.5 Å². The van der Waals surface area contributed by atoms with Crippen molar-refractivity contribution in [3.05, 3.63) is 0 Å². The highest BCUT2D eigenvalue weighted by Crippen LogP contribution is 2.29. The minimum absolute atomic E-state index is 0.0127. The van der Waals surface area contributed by atoms with Gasteiger partial charge in [0.25, 0.3) is 0 Å². The standard InChI is InChI=1S/C14H22F3N3O2/c1-9(10-4-2-5-10)18-13(22)19-11-6-3-7-20(12(11)21)8-14(15,16)17/h9-11H,2-8H2,1H3,(H2,18,19,22)/t9-,11+/m0/s1.